The zero-order valence-electron chi connectivity index (χ0n) is 14.8. The minimum absolute atomic E-state index is 0.0141. The van der Waals surface area contributed by atoms with Crippen molar-refractivity contribution in [2.45, 2.75) is 26.8 Å². The third kappa shape index (κ3) is 3.43. The van der Waals surface area contributed by atoms with E-state index in [1.54, 1.807) is 4.90 Å². The molecule has 4 heteroatoms. The summed E-state index contributed by atoms with van der Waals surface area (Å²) < 4.78 is 5.73. The second-order valence-electron chi connectivity index (χ2n) is 7.70. The van der Waals surface area contributed by atoms with Crippen molar-refractivity contribution in [1.29, 1.82) is 0 Å². The molecule has 2 aliphatic heterocycles. The average Bonchev–Trinajstić information content (AvgIpc) is 2.93. The maximum Gasteiger partial charge on any atom is 0.222 e. The number of benzene rings is 1. The van der Waals surface area contributed by atoms with E-state index in [-0.39, 0.29) is 11.3 Å². The summed E-state index contributed by atoms with van der Waals surface area (Å²) in [6, 6.07) is 6.76. The molecule has 126 valence electrons. The van der Waals surface area contributed by atoms with E-state index < -0.39 is 0 Å². The van der Waals surface area contributed by atoms with Gasteiger partial charge in [-0.15, -0.1) is 0 Å². The third-order valence-corrected chi connectivity index (χ3v) is 5.28. The van der Waals surface area contributed by atoms with Crippen LogP contribution in [0, 0.1) is 25.2 Å². The van der Waals surface area contributed by atoms with Crippen molar-refractivity contribution in [3.8, 4) is 0 Å². The fourth-order valence-corrected chi connectivity index (χ4v) is 4.19. The third-order valence-electron chi connectivity index (χ3n) is 5.28. The molecule has 0 N–H and O–H groups in total. The van der Waals surface area contributed by atoms with Crippen LogP contribution in [0.2, 0.25) is 0 Å². The highest BCUT2D eigenvalue weighted by Crippen LogP contribution is 2.44. The molecule has 2 saturated heterocycles. The molecular formula is C19H28N2O2. The topological polar surface area (TPSA) is 32.8 Å². The molecule has 0 unspecified atom stereocenters. The number of hydrogen-bond donors (Lipinski definition) is 0. The Morgan fingerprint density at radius 3 is 2.65 bits per heavy atom. The van der Waals surface area contributed by atoms with Crippen LogP contribution < -0.4 is 0 Å². The number of fused-ring (bicyclic) bond motifs is 1. The highest BCUT2D eigenvalue weighted by molar-refractivity contribution is 5.76. The molecule has 1 aromatic carbocycles. The van der Waals surface area contributed by atoms with E-state index in [0.717, 1.165) is 32.8 Å². The van der Waals surface area contributed by atoms with Gasteiger partial charge in [-0.1, -0.05) is 29.3 Å². The van der Waals surface area contributed by atoms with Crippen LogP contribution in [0.15, 0.2) is 18.2 Å². The molecular weight excluding hydrogens is 288 g/mol. The van der Waals surface area contributed by atoms with Crippen LogP contribution in [0.4, 0.5) is 0 Å². The summed E-state index contributed by atoms with van der Waals surface area (Å²) in [5.74, 6) is 0.700. The van der Waals surface area contributed by atoms with Crippen LogP contribution in [-0.4, -0.2) is 56.1 Å². The lowest BCUT2D eigenvalue weighted by Gasteiger charge is -2.28. The molecule has 1 aromatic rings. The number of amides is 1. The first-order valence-electron chi connectivity index (χ1n) is 8.45. The van der Waals surface area contributed by atoms with E-state index in [4.69, 9.17) is 4.74 Å². The predicted molar refractivity (Wildman–Crippen MR) is 91.2 cm³/mol. The smallest absolute Gasteiger partial charge is 0.222 e. The largest absolute Gasteiger partial charge is 0.380 e. The van der Waals surface area contributed by atoms with Crippen molar-refractivity contribution >= 4 is 5.91 Å². The zero-order valence-corrected chi connectivity index (χ0v) is 14.8. The lowest BCUT2D eigenvalue weighted by atomic mass is 9.78. The van der Waals surface area contributed by atoms with Crippen LogP contribution in [0.1, 0.15) is 23.1 Å². The molecule has 2 atom stereocenters. The number of likely N-dealkylation sites (tertiary alicyclic amines) is 1. The molecule has 2 aliphatic rings. The molecule has 2 fully saturated rings. The van der Waals surface area contributed by atoms with Gasteiger partial charge in [0.05, 0.1) is 13.2 Å². The second-order valence-corrected chi connectivity index (χ2v) is 7.70. The molecule has 1 amide bonds. The van der Waals surface area contributed by atoms with E-state index >= 15 is 0 Å². The summed E-state index contributed by atoms with van der Waals surface area (Å²) >= 11 is 0. The normalized spacial score (nSPS) is 27.2. The summed E-state index contributed by atoms with van der Waals surface area (Å²) in [5, 5.41) is 0. The van der Waals surface area contributed by atoms with Crippen molar-refractivity contribution in [1.82, 2.24) is 9.80 Å². The number of nitrogens with zero attached hydrogens (tertiary/aromatic N) is 2. The second kappa shape index (κ2) is 6.25. The van der Waals surface area contributed by atoms with Gasteiger partial charge < -0.3 is 9.64 Å². The number of rotatable bonds is 4. The standard InChI is InChI=1S/C19H28N2O2/c1-14-5-15(2)7-16(6-14)9-21-10-17-11-23-13-19(17,12-21)8-18(22)20(3)4/h5-7,17H,8-13H2,1-4H3/t17-,19+/m0/s1. The Hall–Kier alpha value is -1.39. The SMILES string of the molecule is Cc1cc(C)cc(CN2C[C@H]3COC[C@@]3(CC(=O)N(C)C)C2)c1. The molecule has 23 heavy (non-hydrogen) atoms. The molecule has 0 bridgehead atoms. The number of carbonyl (C=O) groups excluding carboxylic acids is 1. The maximum absolute atomic E-state index is 12.2. The van der Waals surface area contributed by atoms with Gasteiger partial charge in [0.1, 0.15) is 0 Å². The summed E-state index contributed by atoms with van der Waals surface area (Å²) in [7, 11) is 3.68. The Kier molecular flexibility index (Phi) is 4.47. The van der Waals surface area contributed by atoms with Gasteiger partial charge in [0, 0.05) is 51.5 Å². The quantitative estimate of drug-likeness (QED) is 0.854. The fourth-order valence-electron chi connectivity index (χ4n) is 4.19. The molecule has 2 heterocycles. The van der Waals surface area contributed by atoms with Crippen molar-refractivity contribution in [3.05, 3.63) is 34.9 Å². The maximum atomic E-state index is 12.2. The number of ether oxygens (including phenoxy) is 1. The Morgan fingerprint density at radius 2 is 2.00 bits per heavy atom. The van der Waals surface area contributed by atoms with Crippen LogP contribution >= 0.6 is 0 Å². The van der Waals surface area contributed by atoms with E-state index in [0.29, 0.717) is 12.3 Å². The van der Waals surface area contributed by atoms with Crippen molar-refractivity contribution in [3.63, 3.8) is 0 Å². The van der Waals surface area contributed by atoms with Crippen molar-refractivity contribution in [2.24, 2.45) is 11.3 Å². The van der Waals surface area contributed by atoms with E-state index in [2.05, 4.69) is 36.9 Å². The molecule has 0 aliphatic carbocycles. The van der Waals surface area contributed by atoms with E-state index in [1.807, 2.05) is 14.1 Å². The average molecular weight is 316 g/mol. The molecule has 4 nitrogen and oxygen atoms in total. The van der Waals surface area contributed by atoms with Gasteiger partial charge in [0.15, 0.2) is 0 Å². The fraction of sp³-hybridized carbons (Fsp3) is 0.632. The van der Waals surface area contributed by atoms with Crippen LogP contribution in [0.3, 0.4) is 0 Å². The van der Waals surface area contributed by atoms with Gasteiger partial charge in [0.2, 0.25) is 5.91 Å². The highest BCUT2D eigenvalue weighted by atomic mass is 16.5. The van der Waals surface area contributed by atoms with Gasteiger partial charge in [0.25, 0.3) is 0 Å². The van der Waals surface area contributed by atoms with E-state index in [9.17, 15) is 4.79 Å². The Morgan fingerprint density at radius 1 is 1.30 bits per heavy atom. The van der Waals surface area contributed by atoms with Gasteiger partial charge in [-0.2, -0.15) is 0 Å². The number of aryl methyl sites for hydroxylation is 2. The molecule has 0 aromatic heterocycles. The van der Waals surface area contributed by atoms with Gasteiger partial charge in [-0.25, -0.2) is 0 Å². The summed E-state index contributed by atoms with van der Waals surface area (Å²) in [4.78, 5) is 16.5. The van der Waals surface area contributed by atoms with Crippen LogP contribution in [-0.2, 0) is 16.1 Å². The molecule has 0 radical (unpaired) electrons. The highest BCUT2D eigenvalue weighted by Gasteiger charge is 2.51. The summed E-state index contributed by atoms with van der Waals surface area (Å²) in [5.41, 5.74) is 4.03. The van der Waals surface area contributed by atoms with Crippen molar-refractivity contribution in [2.75, 3.05) is 40.4 Å². The molecule has 0 spiro atoms. The van der Waals surface area contributed by atoms with Gasteiger partial charge in [-0.05, 0) is 19.4 Å². The first kappa shape index (κ1) is 16.5. The Bertz CT molecular complexity index is 579. The van der Waals surface area contributed by atoms with Gasteiger partial charge >= 0.3 is 0 Å². The zero-order chi connectivity index (χ0) is 16.6. The minimum Gasteiger partial charge on any atom is -0.380 e. The molecule has 0 saturated carbocycles. The lowest BCUT2D eigenvalue weighted by molar-refractivity contribution is -0.131. The first-order chi connectivity index (χ1) is 10.9. The minimum atomic E-state index is 0.0141. The van der Waals surface area contributed by atoms with Gasteiger partial charge in [-0.3, -0.25) is 9.69 Å². The predicted octanol–water partition coefficient (Wildman–Crippen LogP) is 2.23. The van der Waals surface area contributed by atoms with E-state index in [1.165, 1.54) is 16.7 Å². The van der Waals surface area contributed by atoms with Crippen LogP contribution in [0.25, 0.3) is 0 Å². The Balaban J connectivity index is 1.71. The van der Waals surface area contributed by atoms with Crippen LogP contribution in [0.5, 0.6) is 0 Å². The number of hydrogen-bond acceptors (Lipinski definition) is 3. The number of carbonyl (C=O) groups is 1. The first-order valence-corrected chi connectivity index (χ1v) is 8.45. The van der Waals surface area contributed by atoms with Crippen molar-refractivity contribution < 1.29 is 9.53 Å². The Labute approximate surface area is 139 Å². The summed E-state index contributed by atoms with van der Waals surface area (Å²) in [6.07, 6.45) is 0.605. The monoisotopic (exact) mass is 316 g/mol. The lowest BCUT2D eigenvalue weighted by Crippen LogP contribution is -2.37. The molecule has 3 rings (SSSR count). The summed E-state index contributed by atoms with van der Waals surface area (Å²) in [6.45, 7) is 8.79.